The van der Waals surface area contributed by atoms with Crippen LogP contribution in [0, 0.1) is 0 Å². The fourth-order valence-electron chi connectivity index (χ4n) is 2.80. The highest BCUT2D eigenvalue weighted by atomic mass is 35.5. The number of amides is 1. The molecule has 0 aliphatic heterocycles. The molecule has 1 aromatic heterocycles. The summed E-state index contributed by atoms with van der Waals surface area (Å²) in [5.41, 5.74) is 1.93. The summed E-state index contributed by atoms with van der Waals surface area (Å²) in [5.74, 6) is -0.572. The van der Waals surface area contributed by atoms with Crippen molar-refractivity contribution >= 4 is 46.1 Å². The van der Waals surface area contributed by atoms with Gasteiger partial charge in [-0.25, -0.2) is 4.79 Å². The van der Waals surface area contributed by atoms with Gasteiger partial charge in [-0.05, 0) is 23.8 Å². The third kappa shape index (κ3) is 4.84. The van der Waals surface area contributed by atoms with Gasteiger partial charge in [0, 0.05) is 28.4 Å². The van der Waals surface area contributed by atoms with Crippen molar-refractivity contribution in [1.82, 2.24) is 10.3 Å². The van der Waals surface area contributed by atoms with Gasteiger partial charge < -0.3 is 15.0 Å². The van der Waals surface area contributed by atoms with Crippen molar-refractivity contribution in [3.63, 3.8) is 0 Å². The maximum atomic E-state index is 12.4. The van der Waals surface area contributed by atoms with Crippen molar-refractivity contribution in [1.29, 1.82) is 0 Å². The Labute approximate surface area is 166 Å². The summed E-state index contributed by atoms with van der Waals surface area (Å²) in [4.78, 5) is 28.5. The van der Waals surface area contributed by atoms with Gasteiger partial charge >= 0.3 is 5.97 Å². The Bertz CT molecular complexity index is 957. The van der Waals surface area contributed by atoms with Crippen LogP contribution in [0.3, 0.4) is 0 Å². The second kappa shape index (κ2) is 8.97. The number of methoxy groups -OCH3 is 1. The number of H-pyrrole nitrogens is 1. The zero-order chi connectivity index (χ0) is 19.2. The van der Waals surface area contributed by atoms with Crippen LogP contribution in [-0.2, 0) is 20.7 Å². The van der Waals surface area contributed by atoms with Crippen LogP contribution in [0.25, 0.3) is 10.9 Å². The molecule has 0 unspecified atom stereocenters. The maximum absolute atomic E-state index is 12.4. The molecule has 3 rings (SSSR count). The normalized spacial score (nSPS) is 11.9. The molecule has 0 aliphatic carbocycles. The van der Waals surface area contributed by atoms with Gasteiger partial charge in [0.2, 0.25) is 5.91 Å². The highest BCUT2D eigenvalue weighted by molar-refractivity contribution is 8.00. The molecule has 2 N–H and O–H groups in total. The largest absolute Gasteiger partial charge is 0.467 e. The maximum Gasteiger partial charge on any atom is 0.328 e. The lowest BCUT2D eigenvalue weighted by molar-refractivity contribution is -0.144. The number of thioether (sulfide) groups is 1. The van der Waals surface area contributed by atoms with E-state index < -0.39 is 12.0 Å². The Kier molecular flexibility index (Phi) is 6.42. The molecule has 1 heterocycles. The van der Waals surface area contributed by atoms with E-state index in [0.29, 0.717) is 11.4 Å². The van der Waals surface area contributed by atoms with E-state index in [1.54, 1.807) is 6.07 Å². The number of esters is 1. The van der Waals surface area contributed by atoms with Crippen LogP contribution in [0.2, 0.25) is 5.02 Å². The lowest BCUT2D eigenvalue weighted by Gasteiger charge is -2.16. The number of fused-ring (bicyclic) bond motifs is 1. The third-order valence-corrected chi connectivity index (χ3v) is 5.63. The van der Waals surface area contributed by atoms with Crippen LogP contribution >= 0.6 is 23.4 Å². The first kappa shape index (κ1) is 19.3. The van der Waals surface area contributed by atoms with E-state index in [2.05, 4.69) is 10.3 Å². The summed E-state index contributed by atoms with van der Waals surface area (Å²) in [6, 6.07) is 14.4. The van der Waals surface area contributed by atoms with Crippen LogP contribution in [0.15, 0.2) is 59.6 Å². The van der Waals surface area contributed by atoms with Crippen molar-refractivity contribution in [3.8, 4) is 0 Å². The Balaban J connectivity index is 1.67. The number of benzene rings is 2. The number of nitrogens with one attached hydrogen (secondary N) is 2. The number of rotatable bonds is 7. The van der Waals surface area contributed by atoms with Crippen molar-refractivity contribution in [3.05, 3.63) is 65.3 Å². The minimum Gasteiger partial charge on any atom is -0.467 e. The highest BCUT2D eigenvalue weighted by Gasteiger charge is 2.23. The Morgan fingerprint density at radius 3 is 2.70 bits per heavy atom. The van der Waals surface area contributed by atoms with Gasteiger partial charge in [0.15, 0.2) is 0 Å². The van der Waals surface area contributed by atoms with Crippen molar-refractivity contribution in [2.45, 2.75) is 17.4 Å². The summed E-state index contributed by atoms with van der Waals surface area (Å²) in [6.07, 6.45) is 2.20. The van der Waals surface area contributed by atoms with E-state index in [4.69, 9.17) is 16.3 Å². The molecular weight excluding hydrogens is 384 g/mol. The van der Waals surface area contributed by atoms with Gasteiger partial charge in [0.25, 0.3) is 0 Å². The third-order valence-electron chi connectivity index (χ3n) is 4.12. The molecule has 140 valence electrons. The van der Waals surface area contributed by atoms with Crippen molar-refractivity contribution in [2.75, 3.05) is 12.9 Å². The van der Waals surface area contributed by atoms with E-state index >= 15 is 0 Å². The van der Waals surface area contributed by atoms with E-state index in [-0.39, 0.29) is 11.7 Å². The van der Waals surface area contributed by atoms with Gasteiger partial charge in [-0.15, -0.1) is 11.8 Å². The van der Waals surface area contributed by atoms with E-state index in [1.807, 2.05) is 48.7 Å². The standard InChI is InChI=1S/C20H19ClN2O3S/c1-26-20(25)17(10-13-11-22-16-8-4-2-6-14(13)16)23-19(24)12-27-18-9-5-3-7-15(18)21/h2-9,11,17,22H,10,12H2,1H3,(H,23,24)/t17-/m1/s1. The summed E-state index contributed by atoms with van der Waals surface area (Å²) in [6.45, 7) is 0. The number of aromatic amines is 1. The molecule has 5 nitrogen and oxygen atoms in total. The number of halogens is 1. The Hall–Kier alpha value is -2.44. The number of carbonyl (C=O) groups excluding carboxylic acids is 2. The molecule has 0 spiro atoms. The van der Waals surface area contributed by atoms with E-state index in [0.717, 1.165) is 21.4 Å². The smallest absolute Gasteiger partial charge is 0.328 e. The molecule has 0 saturated heterocycles. The quantitative estimate of drug-likeness (QED) is 0.465. The fourth-order valence-corrected chi connectivity index (χ4v) is 3.85. The first-order chi connectivity index (χ1) is 13.1. The highest BCUT2D eigenvalue weighted by Crippen LogP contribution is 2.26. The first-order valence-electron chi connectivity index (χ1n) is 8.38. The minimum atomic E-state index is -0.756. The number of ether oxygens (including phenoxy) is 1. The zero-order valence-electron chi connectivity index (χ0n) is 14.7. The number of carbonyl (C=O) groups is 2. The molecule has 0 aliphatic rings. The van der Waals surface area contributed by atoms with Gasteiger partial charge in [0.1, 0.15) is 6.04 Å². The van der Waals surface area contributed by atoms with Crippen LogP contribution in [0.4, 0.5) is 0 Å². The lowest BCUT2D eigenvalue weighted by atomic mass is 10.0. The number of hydrogen-bond acceptors (Lipinski definition) is 4. The Morgan fingerprint density at radius 1 is 1.19 bits per heavy atom. The average molecular weight is 403 g/mol. The van der Waals surface area contributed by atoms with Gasteiger partial charge in [0.05, 0.1) is 17.9 Å². The topological polar surface area (TPSA) is 71.2 Å². The van der Waals surface area contributed by atoms with Crippen molar-refractivity contribution < 1.29 is 14.3 Å². The average Bonchev–Trinajstić information content (AvgIpc) is 3.09. The van der Waals surface area contributed by atoms with Crippen LogP contribution in [0.5, 0.6) is 0 Å². The lowest BCUT2D eigenvalue weighted by Crippen LogP contribution is -2.43. The van der Waals surface area contributed by atoms with Crippen LogP contribution in [-0.4, -0.2) is 35.8 Å². The molecule has 0 bridgehead atoms. The molecule has 0 fully saturated rings. The van der Waals surface area contributed by atoms with Gasteiger partial charge in [-0.2, -0.15) is 0 Å². The molecule has 3 aromatic rings. The monoisotopic (exact) mass is 402 g/mol. The van der Waals surface area contributed by atoms with Crippen LogP contribution in [0.1, 0.15) is 5.56 Å². The zero-order valence-corrected chi connectivity index (χ0v) is 16.3. The van der Waals surface area contributed by atoms with E-state index in [9.17, 15) is 9.59 Å². The molecule has 7 heteroatoms. The Morgan fingerprint density at radius 2 is 1.93 bits per heavy atom. The molecule has 1 amide bonds. The van der Waals surface area contributed by atoms with Crippen molar-refractivity contribution in [2.24, 2.45) is 0 Å². The van der Waals surface area contributed by atoms with Gasteiger partial charge in [-0.1, -0.05) is 41.9 Å². The molecule has 0 saturated carbocycles. The number of hydrogen-bond donors (Lipinski definition) is 2. The summed E-state index contributed by atoms with van der Waals surface area (Å²) in [5, 5.41) is 4.38. The SMILES string of the molecule is COC(=O)[C@@H](Cc1c[nH]c2ccccc12)NC(=O)CSc1ccccc1Cl. The van der Waals surface area contributed by atoms with E-state index in [1.165, 1.54) is 18.9 Å². The fraction of sp³-hybridized carbons (Fsp3) is 0.200. The molecule has 0 radical (unpaired) electrons. The van der Waals surface area contributed by atoms with Crippen LogP contribution < -0.4 is 5.32 Å². The predicted octanol–water partition coefficient (Wildman–Crippen LogP) is 3.81. The van der Waals surface area contributed by atoms with Gasteiger partial charge in [-0.3, -0.25) is 4.79 Å². The molecule has 2 aromatic carbocycles. The second-order valence-corrected chi connectivity index (χ2v) is 7.35. The molecule has 1 atom stereocenters. The number of para-hydroxylation sites is 1. The summed E-state index contributed by atoms with van der Waals surface area (Å²) < 4.78 is 4.86. The minimum absolute atomic E-state index is 0.158. The first-order valence-corrected chi connectivity index (χ1v) is 9.74. The predicted molar refractivity (Wildman–Crippen MR) is 108 cm³/mol. The molecular formula is C20H19ClN2O3S. The number of aromatic nitrogens is 1. The summed E-state index contributed by atoms with van der Waals surface area (Å²) in [7, 11) is 1.31. The second-order valence-electron chi connectivity index (χ2n) is 5.93. The summed E-state index contributed by atoms with van der Waals surface area (Å²) >= 11 is 7.43. The molecule has 27 heavy (non-hydrogen) atoms.